The highest BCUT2D eigenvalue weighted by Crippen LogP contribution is 2.28. The maximum Gasteiger partial charge on any atom is 0.282 e. The molecule has 0 atom stereocenters. The van der Waals surface area contributed by atoms with Crippen LogP contribution in [0.4, 0.5) is 0 Å². The van der Waals surface area contributed by atoms with Crippen molar-refractivity contribution >= 4 is 48.1 Å². The Labute approximate surface area is 140 Å². The molecule has 0 spiro atoms. The number of hydrazine groups is 1. The zero-order valence-electron chi connectivity index (χ0n) is 12.7. The normalized spacial score (nSPS) is 18.5. The number of rotatable bonds is 2. The van der Waals surface area contributed by atoms with Crippen molar-refractivity contribution in [3.05, 3.63) is 33.9 Å². The highest BCUT2D eigenvalue weighted by Gasteiger charge is 2.28. The molecule has 0 saturated carbocycles. The predicted molar refractivity (Wildman–Crippen MR) is 94.5 cm³/mol. The molecule has 1 aromatic carbocycles. The van der Waals surface area contributed by atoms with Crippen LogP contribution < -0.4 is 5.43 Å². The van der Waals surface area contributed by atoms with Crippen LogP contribution in [0.3, 0.4) is 0 Å². The van der Waals surface area contributed by atoms with Crippen molar-refractivity contribution in [1.29, 1.82) is 0 Å². The number of aromatic amines is 1. The summed E-state index contributed by atoms with van der Waals surface area (Å²) in [6.07, 6.45) is 0. The highest BCUT2D eigenvalue weighted by molar-refractivity contribution is 6.77. The Morgan fingerprint density at radius 1 is 1.23 bits per heavy atom. The molecule has 22 heavy (non-hydrogen) atoms. The number of benzene rings is 1. The number of carbonyl (C=O) groups is 1. The highest BCUT2D eigenvalue weighted by atomic mass is 35.5. The van der Waals surface area contributed by atoms with Gasteiger partial charge in [-0.05, 0) is 30.3 Å². The van der Waals surface area contributed by atoms with E-state index in [1.807, 2.05) is 5.01 Å². The number of hydrogen-bond acceptors (Lipinski definition) is 2. The van der Waals surface area contributed by atoms with Gasteiger partial charge in [0.05, 0.1) is 5.02 Å². The third-order valence-electron chi connectivity index (χ3n) is 4.27. The van der Waals surface area contributed by atoms with E-state index in [0.717, 1.165) is 24.0 Å². The maximum atomic E-state index is 12.4. The number of H-pyrrole nitrogens is 1. The minimum Gasteiger partial charge on any atom is -0.350 e. The van der Waals surface area contributed by atoms with Gasteiger partial charge in [0, 0.05) is 37.1 Å². The second-order valence-corrected chi connectivity index (χ2v) is 12.8. The van der Waals surface area contributed by atoms with E-state index in [9.17, 15) is 4.79 Å². The van der Waals surface area contributed by atoms with Gasteiger partial charge >= 0.3 is 0 Å². The third kappa shape index (κ3) is 3.32. The van der Waals surface area contributed by atoms with Crippen molar-refractivity contribution in [3.8, 4) is 0 Å². The molecule has 2 aromatic rings. The van der Waals surface area contributed by atoms with Crippen molar-refractivity contribution in [2.24, 2.45) is 0 Å². The minimum atomic E-state index is -1.04. The Morgan fingerprint density at radius 3 is 2.59 bits per heavy atom. The molecule has 118 valence electrons. The first-order chi connectivity index (χ1) is 10.3. The summed E-state index contributed by atoms with van der Waals surface area (Å²) >= 11 is 12.1. The summed E-state index contributed by atoms with van der Waals surface area (Å²) in [5, 5.41) is 3.92. The summed E-state index contributed by atoms with van der Waals surface area (Å²) in [7, 11) is -1.04. The molecule has 1 aliphatic rings. The fraction of sp³-hybridized carbons (Fsp3) is 0.400. The van der Waals surface area contributed by atoms with Crippen LogP contribution in [0, 0.1) is 0 Å². The number of nitrogens with one attached hydrogen (secondary N) is 2. The van der Waals surface area contributed by atoms with Gasteiger partial charge in [-0.2, -0.15) is 0 Å². The van der Waals surface area contributed by atoms with Gasteiger partial charge in [-0.25, -0.2) is 5.01 Å². The Morgan fingerprint density at radius 2 is 1.91 bits per heavy atom. The van der Waals surface area contributed by atoms with Crippen LogP contribution in [-0.4, -0.2) is 37.1 Å². The summed E-state index contributed by atoms with van der Waals surface area (Å²) in [6, 6.07) is 7.64. The molecule has 0 radical (unpaired) electrons. The lowest BCUT2D eigenvalue weighted by Gasteiger charge is -2.35. The first-order valence-electron chi connectivity index (χ1n) is 7.38. The summed E-state index contributed by atoms with van der Waals surface area (Å²) in [5.41, 5.74) is 4.25. The van der Waals surface area contributed by atoms with Crippen LogP contribution in [0.2, 0.25) is 35.2 Å². The van der Waals surface area contributed by atoms with Gasteiger partial charge in [-0.3, -0.25) is 10.2 Å². The van der Waals surface area contributed by atoms with Gasteiger partial charge in [0.15, 0.2) is 0 Å². The largest absolute Gasteiger partial charge is 0.350 e. The molecule has 2 heterocycles. The first-order valence-corrected chi connectivity index (χ1v) is 11.5. The van der Waals surface area contributed by atoms with Crippen LogP contribution in [0.25, 0.3) is 10.9 Å². The van der Waals surface area contributed by atoms with Gasteiger partial charge < -0.3 is 4.98 Å². The van der Waals surface area contributed by atoms with Gasteiger partial charge in [-0.15, -0.1) is 0 Å². The summed E-state index contributed by atoms with van der Waals surface area (Å²) in [5.74, 6) is -0.134. The molecule has 1 fully saturated rings. The van der Waals surface area contributed by atoms with Gasteiger partial charge in [0.2, 0.25) is 0 Å². The second-order valence-electron chi connectivity index (χ2n) is 6.62. The minimum absolute atomic E-state index is 0.134. The monoisotopic (exact) mass is 355 g/mol. The molecule has 2 N–H and O–H groups in total. The quantitative estimate of drug-likeness (QED) is 0.795. The number of fused-ring (bicyclic) bond motifs is 1. The molecular formula is C15H19Cl2N3OSi. The molecule has 0 unspecified atom stereocenters. The summed E-state index contributed by atoms with van der Waals surface area (Å²) < 4.78 is 0. The number of nitrogens with zero attached hydrogens (tertiary/aromatic N) is 1. The molecule has 0 aliphatic carbocycles. The van der Waals surface area contributed by atoms with Crippen molar-refractivity contribution in [3.63, 3.8) is 0 Å². The van der Waals surface area contributed by atoms with Gasteiger partial charge in [0.25, 0.3) is 5.91 Å². The zero-order chi connectivity index (χ0) is 15.9. The number of amides is 1. The molecular weight excluding hydrogens is 337 g/mol. The van der Waals surface area contributed by atoms with Gasteiger partial charge in [-0.1, -0.05) is 36.3 Å². The van der Waals surface area contributed by atoms with E-state index in [1.165, 1.54) is 12.1 Å². The lowest BCUT2D eigenvalue weighted by molar-refractivity contribution is 0.0793. The fourth-order valence-corrected chi connectivity index (χ4v) is 5.26. The molecule has 7 heteroatoms. The van der Waals surface area contributed by atoms with Crippen molar-refractivity contribution < 1.29 is 4.79 Å². The number of hydrogen-bond donors (Lipinski definition) is 2. The van der Waals surface area contributed by atoms with E-state index in [4.69, 9.17) is 23.2 Å². The Hall–Kier alpha value is -1.01. The first kappa shape index (κ1) is 15.9. The van der Waals surface area contributed by atoms with Crippen LogP contribution in [0.1, 0.15) is 10.5 Å². The smallest absolute Gasteiger partial charge is 0.282 e. The van der Waals surface area contributed by atoms with E-state index in [1.54, 1.807) is 18.2 Å². The van der Waals surface area contributed by atoms with E-state index in [2.05, 4.69) is 23.5 Å². The molecule has 1 amide bonds. The van der Waals surface area contributed by atoms with E-state index in [0.29, 0.717) is 15.7 Å². The van der Waals surface area contributed by atoms with Crippen LogP contribution in [-0.2, 0) is 0 Å². The Kier molecular flexibility index (Phi) is 4.25. The molecule has 3 rings (SSSR count). The number of aromatic nitrogens is 1. The molecule has 1 aliphatic heterocycles. The zero-order valence-corrected chi connectivity index (χ0v) is 15.2. The Bertz CT molecular complexity index is 719. The predicted octanol–water partition coefficient (Wildman–Crippen LogP) is 4.14. The maximum absolute atomic E-state index is 12.4. The van der Waals surface area contributed by atoms with Crippen LogP contribution in [0.5, 0.6) is 0 Å². The average Bonchev–Trinajstić information content (AvgIpc) is 2.85. The van der Waals surface area contributed by atoms with Crippen molar-refractivity contribution in [2.75, 3.05) is 13.1 Å². The summed E-state index contributed by atoms with van der Waals surface area (Å²) in [6.45, 7) is 6.65. The van der Waals surface area contributed by atoms with E-state index < -0.39 is 8.07 Å². The second kappa shape index (κ2) is 5.89. The average molecular weight is 356 g/mol. The number of carbonyl (C=O) groups excluding carboxylic acids is 1. The molecule has 0 bridgehead atoms. The molecule has 1 aromatic heterocycles. The lowest BCUT2D eigenvalue weighted by Crippen LogP contribution is -2.50. The third-order valence-corrected chi connectivity index (χ3v) is 7.96. The van der Waals surface area contributed by atoms with Crippen molar-refractivity contribution in [2.45, 2.75) is 25.2 Å². The summed E-state index contributed by atoms with van der Waals surface area (Å²) in [4.78, 5) is 15.5. The van der Waals surface area contributed by atoms with Crippen LogP contribution in [0.15, 0.2) is 18.2 Å². The lowest BCUT2D eigenvalue weighted by atomic mass is 10.2. The van der Waals surface area contributed by atoms with Gasteiger partial charge in [0.1, 0.15) is 5.69 Å². The topological polar surface area (TPSA) is 48.1 Å². The van der Waals surface area contributed by atoms with E-state index in [-0.39, 0.29) is 5.91 Å². The van der Waals surface area contributed by atoms with E-state index >= 15 is 0 Å². The standard InChI is InChI=1S/C15H19Cl2N3OSi/c1-22(2)5-3-20(4-6-22)19-15(21)14-9-11-12(17)7-10(16)8-13(11)18-14/h7-9,18H,3-6H2,1-2H3,(H,19,21). The number of halogens is 2. The van der Waals surface area contributed by atoms with Crippen molar-refractivity contribution in [1.82, 2.24) is 15.4 Å². The SMILES string of the molecule is C[Si]1(C)CCN(NC(=O)c2cc3c(Cl)cc(Cl)cc3[nH]2)CC1. The molecule has 1 saturated heterocycles. The van der Waals surface area contributed by atoms with Crippen LogP contribution >= 0.6 is 23.2 Å². The molecule has 4 nitrogen and oxygen atoms in total. The Balaban J connectivity index is 1.74. The fourth-order valence-electron chi connectivity index (χ4n) is 2.71.